The van der Waals surface area contributed by atoms with Crippen LogP contribution in [0.15, 0.2) is 24.8 Å². The van der Waals surface area contributed by atoms with Crippen LogP contribution < -0.4 is 0 Å². The van der Waals surface area contributed by atoms with Gasteiger partial charge in [0.05, 0.1) is 23.7 Å². The predicted octanol–water partition coefficient (Wildman–Crippen LogP) is 2.58. The van der Waals surface area contributed by atoms with E-state index in [2.05, 4.69) is 25.1 Å². The van der Waals surface area contributed by atoms with Crippen molar-refractivity contribution < 1.29 is 4.79 Å². The average molecular weight is 269 g/mol. The zero-order chi connectivity index (χ0) is 14.3. The summed E-state index contributed by atoms with van der Waals surface area (Å²) in [5.74, 6) is 0.0439. The van der Waals surface area contributed by atoms with Crippen LogP contribution in [0.5, 0.6) is 0 Å². The van der Waals surface area contributed by atoms with E-state index in [1.165, 1.54) is 0 Å². The highest BCUT2D eigenvalue weighted by Crippen LogP contribution is 2.26. The maximum absolute atomic E-state index is 12.4. The van der Waals surface area contributed by atoms with Crippen LogP contribution in [0.3, 0.4) is 0 Å². The van der Waals surface area contributed by atoms with Gasteiger partial charge in [0.25, 0.3) is 0 Å². The summed E-state index contributed by atoms with van der Waals surface area (Å²) in [5, 5.41) is 6.63. The Morgan fingerprint density at radius 2 is 2.00 bits per heavy atom. The molecule has 102 valence electrons. The van der Waals surface area contributed by atoms with Gasteiger partial charge in [-0.25, -0.2) is 9.97 Å². The molecule has 0 aliphatic heterocycles. The van der Waals surface area contributed by atoms with Gasteiger partial charge < -0.3 is 4.98 Å². The van der Waals surface area contributed by atoms with Crippen LogP contribution >= 0.6 is 0 Å². The zero-order valence-corrected chi connectivity index (χ0v) is 11.6. The number of aromatic nitrogens is 5. The first-order chi connectivity index (χ1) is 9.47. The van der Waals surface area contributed by atoms with Gasteiger partial charge >= 0.3 is 0 Å². The Hall–Kier alpha value is -2.50. The van der Waals surface area contributed by atoms with Crippen LogP contribution in [0, 0.1) is 5.41 Å². The minimum Gasteiger partial charge on any atom is -0.344 e. The third-order valence-corrected chi connectivity index (χ3v) is 3.10. The van der Waals surface area contributed by atoms with Gasteiger partial charge in [-0.1, -0.05) is 20.8 Å². The molecule has 0 atom stereocenters. The minimum absolute atomic E-state index is 0.0439. The molecule has 6 heteroatoms. The van der Waals surface area contributed by atoms with Gasteiger partial charge in [-0.2, -0.15) is 5.10 Å². The van der Waals surface area contributed by atoms with E-state index in [1.54, 1.807) is 24.8 Å². The molecular formula is C14H15N5O. The molecule has 20 heavy (non-hydrogen) atoms. The number of hydrogen-bond donors (Lipinski definition) is 2. The van der Waals surface area contributed by atoms with Crippen molar-refractivity contribution in [1.29, 1.82) is 0 Å². The first-order valence-electron chi connectivity index (χ1n) is 6.35. The Bertz CT molecular complexity index is 765. The average Bonchev–Trinajstić information content (AvgIpc) is 3.05. The van der Waals surface area contributed by atoms with Crippen LogP contribution in [0.4, 0.5) is 0 Å². The topological polar surface area (TPSA) is 87.3 Å². The maximum Gasteiger partial charge on any atom is 0.171 e. The fourth-order valence-electron chi connectivity index (χ4n) is 2.00. The summed E-state index contributed by atoms with van der Waals surface area (Å²) >= 11 is 0. The molecule has 3 rings (SSSR count). The van der Waals surface area contributed by atoms with Crippen molar-refractivity contribution in [3.05, 3.63) is 30.4 Å². The van der Waals surface area contributed by atoms with Gasteiger partial charge in [0.15, 0.2) is 11.4 Å². The molecule has 2 N–H and O–H groups in total. The quantitative estimate of drug-likeness (QED) is 0.700. The lowest BCUT2D eigenvalue weighted by atomic mass is 9.87. The van der Waals surface area contributed by atoms with E-state index in [9.17, 15) is 4.79 Å². The SMILES string of the molecule is CC(C)(C)C(=O)c1c[nH]c2ncc(-c3cn[nH]c3)nc12. The second-order valence-electron chi connectivity index (χ2n) is 5.72. The van der Waals surface area contributed by atoms with E-state index in [0.29, 0.717) is 22.4 Å². The number of rotatable bonds is 2. The van der Waals surface area contributed by atoms with Gasteiger partial charge in [0, 0.05) is 23.4 Å². The molecule has 0 aliphatic rings. The van der Waals surface area contributed by atoms with Crippen molar-refractivity contribution in [2.45, 2.75) is 20.8 Å². The molecule has 0 saturated heterocycles. The Balaban J connectivity index is 2.16. The van der Waals surface area contributed by atoms with Crippen molar-refractivity contribution in [2.75, 3.05) is 0 Å². The first kappa shape index (κ1) is 12.5. The predicted molar refractivity (Wildman–Crippen MR) is 75.3 cm³/mol. The molecule has 0 fully saturated rings. The Morgan fingerprint density at radius 3 is 2.65 bits per heavy atom. The molecule has 0 bridgehead atoms. The molecule has 0 aromatic carbocycles. The highest BCUT2D eigenvalue weighted by Gasteiger charge is 2.26. The number of carbonyl (C=O) groups is 1. The van der Waals surface area contributed by atoms with E-state index in [4.69, 9.17) is 0 Å². The molecule has 3 aromatic rings. The fraction of sp³-hybridized carbons (Fsp3) is 0.286. The lowest BCUT2D eigenvalue weighted by molar-refractivity contribution is 0.0860. The molecule has 0 radical (unpaired) electrons. The molecule has 6 nitrogen and oxygen atoms in total. The molecule has 0 spiro atoms. The number of aromatic amines is 2. The summed E-state index contributed by atoms with van der Waals surface area (Å²) in [5.41, 5.74) is 2.87. The number of Topliss-reactive ketones (excluding diaryl/α,β-unsaturated/α-hetero) is 1. The normalized spacial score (nSPS) is 11.9. The third kappa shape index (κ3) is 1.99. The summed E-state index contributed by atoms with van der Waals surface area (Å²) in [6, 6.07) is 0. The third-order valence-electron chi connectivity index (χ3n) is 3.10. The van der Waals surface area contributed by atoms with E-state index < -0.39 is 5.41 Å². The van der Waals surface area contributed by atoms with Crippen LogP contribution in [-0.2, 0) is 0 Å². The lowest BCUT2D eigenvalue weighted by Crippen LogP contribution is -2.20. The second-order valence-corrected chi connectivity index (χ2v) is 5.72. The number of fused-ring (bicyclic) bond motifs is 1. The van der Waals surface area contributed by atoms with Crippen LogP contribution in [0.2, 0.25) is 0 Å². The van der Waals surface area contributed by atoms with Gasteiger partial charge in [-0.15, -0.1) is 0 Å². The van der Waals surface area contributed by atoms with E-state index in [0.717, 1.165) is 5.56 Å². The van der Waals surface area contributed by atoms with Crippen molar-refractivity contribution in [2.24, 2.45) is 5.41 Å². The highest BCUT2D eigenvalue weighted by molar-refractivity contribution is 6.08. The summed E-state index contributed by atoms with van der Waals surface area (Å²) in [6.07, 6.45) is 6.76. The Kier molecular flexibility index (Phi) is 2.67. The van der Waals surface area contributed by atoms with Gasteiger partial charge in [0.2, 0.25) is 0 Å². The van der Waals surface area contributed by atoms with Crippen molar-refractivity contribution in [3.63, 3.8) is 0 Å². The Morgan fingerprint density at radius 1 is 1.20 bits per heavy atom. The number of H-pyrrole nitrogens is 2. The monoisotopic (exact) mass is 269 g/mol. The van der Waals surface area contributed by atoms with Crippen molar-refractivity contribution in [3.8, 4) is 11.3 Å². The largest absolute Gasteiger partial charge is 0.344 e. The number of nitrogens with zero attached hydrogens (tertiary/aromatic N) is 3. The maximum atomic E-state index is 12.4. The van der Waals surface area contributed by atoms with Crippen molar-refractivity contribution in [1.82, 2.24) is 25.1 Å². The van der Waals surface area contributed by atoms with E-state index in [-0.39, 0.29) is 5.78 Å². The number of nitrogens with one attached hydrogen (secondary N) is 2. The summed E-state index contributed by atoms with van der Waals surface area (Å²) in [7, 11) is 0. The molecule has 0 aliphatic carbocycles. The number of hydrogen-bond acceptors (Lipinski definition) is 4. The van der Waals surface area contributed by atoms with Gasteiger partial charge in [-0.3, -0.25) is 9.89 Å². The molecule has 0 unspecified atom stereocenters. The standard InChI is InChI=1S/C14H15N5O/c1-14(2,3)12(20)9-6-15-13-11(9)19-10(7-16-13)8-4-17-18-5-8/h4-7H,1-3H3,(H,15,16)(H,17,18). The van der Waals surface area contributed by atoms with Gasteiger partial charge in [0.1, 0.15) is 5.52 Å². The van der Waals surface area contributed by atoms with Crippen LogP contribution in [0.25, 0.3) is 22.4 Å². The van der Waals surface area contributed by atoms with Gasteiger partial charge in [-0.05, 0) is 0 Å². The van der Waals surface area contributed by atoms with Crippen LogP contribution in [0.1, 0.15) is 31.1 Å². The fourth-order valence-corrected chi connectivity index (χ4v) is 2.00. The highest BCUT2D eigenvalue weighted by atomic mass is 16.1. The lowest BCUT2D eigenvalue weighted by Gasteiger charge is -2.15. The zero-order valence-electron chi connectivity index (χ0n) is 11.6. The second kappa shape index (κ2) is 4.26. The smallest absolute Gasteiger partial charge is 0.171 e. The molecule has 3 heterocycles. The molecular weight excluding hydrogens is 254 g/mol. The summed E-state index contributed by atoms with van der Waals surface area (Å²) in [4.78, 5) is 24.3. The Labute approximate surface area is 115 Å². The summed E-state index contributed by atoms with van der Waals surface area (Å²) in [6.45, 7) is 5.67. The molecule has 0 saturated carbocycles. The van der Waals surface area contributed by atoms with E-state index in [1.807, 2.05) is 20.8 Å². The number of carbonyl (C=O) groups excluding carboxylic acids is 1. The summed E-state index contributed by atoms with van der Waals surface area (Å²) < 4.78 is 0. The van der Waals surface area contributed by atoms with E-state index >= 15 is 0 Å². The molecule has 3 aromatic heterocycles. The first-order valence-corrected chi connectivity index (χ1v) is 6.35. The van der Waals surface area contributed by atoms with Crippen LogP contribution in [-0.4, -0.2) is 30.9 Å². The minimum atomic E-state index is -0.456. The molecule has 0 amide bonds. The van der Waals surface area contributed by atoms with Crippen molar-refractivity contribution >= 4 is 16.9 Å². The number of ketones is 1.